The number of hydrogen-bond donors (Lipinski definition) is 0. The van der Waals surface area contributed by atoms with Crippen molar-refractivity contribution in [3.05, 3.63) is 218 Å². The minimum atomic E-state index is -0.447. The monoisotopic (exact) mass is 757 g/mol. The van der Waals surface area contributed by atoms with E-state index in [4.69, 9.17) is 21.8 Å². The summed E-state index contributed by atoms with van der Waals surface area (Å²) in [6.07, 6.45) is 0. The third-order valence-corrected chi connectivity index (χ3v) is 10.9. The molecule has 2 heterocycles. The zero-order valence-corrected chi connectivity index (χ0v) is 31.7. The maximum atomic E-state index is 9.01. The van der Waals surface area contributed by atoms with E-state index < -0.39 is 18.1 Å². The molecule has 9 aromatic carbocycles. The number of hydrogen-bond acceptors (Lipinski definition) is 3. The Balaban J connectivity index is 1.16. The zero-order chi connectivity index (χ0) is 43.5. The molecule has 0 unspecified atom stereocenters. The topological polar surface area (TPSA) is 43.6 Å². The Morgan fingerprint density at radius 2 is 0.898 bits per heavy atom. The molecule has 0 saturated heterocycles. The molecule has 0 amide bonds. The van der Waals surface area contributed by atoms with Gasteiger partial charge in [0.15, 0.2) is 17.5 Å². The highest BCUT2D eigenvalue weighted by atomic mass is 15.0. The molecule has 11 aromatic rings. The molecule has 0 bridgehead atoms. The molecule has 276 valence electrons. The quantitative estimate of drug-likeness (QED) is 0.163. The summed E-state index contributed by atoms with van der Waals surface area (Å²) < 4.78 is 45.8. The van der Waals surface area contributed by atoms with Gasteiger partial charge in [0.05, 0.1) is 17.9 Å². The molecule has 0 aliphatic carbocycles. The van der Waals surface area contributed by atoms with Crippen LogP contribution in [0, 0.1) is 0 Å². The highest BCUT2D eigenvalue weighted by Gasteiger charge is 2.20. The summed E-state index contributed by atoms with van der Waals surface area (Å²) >= 11 is 0. The van der Waals surface area contributed by atoms with Crippen molar-refractivity contribution in [3.63, 3.8) is 0 Å². The van der Waals surface area contributed by atoms with Crippen LogP contribution in [0.4, 0.5) is 0 Å². The summed E-state index contributed by atoms with van der Waals surface area (Å²) in [5.74, 6) is 1.32. The molecule has 0 aliphatic heterocycles. The van der Waals surface area contributed by atoms with Crippen LogP contribution in [0.15, 0.2) is 218 Å². The van der Waals surface area contributed by atoms with E-state index in [2.05, 4.69) is 83.4 Å². The molecule has 0 atom stereocenters. The van der Waals surface area contributed by atoms with Gasteiger partial charge >= 0.3 is 0 Å². The number of rotatable bonds is 7. The van der Waals surface area contributed by atoms with Gasteiger partial charge in [0.25, 0.3) is 0 Å². The third-order valence-electron chi connectivity index (χ3n) is 10.9. The SMILES string of the molecule is [2H]c1c([2H])c([2H])c(-c2cc(-c3ccc4cc(-c5ccccc5)ccc4c3)cc(-c3nc(-c4ccccc4)nc(-c4cccc5c4c4ccccc4n5-c4ccccc4)n3)c2)c([2H])c1[2H]. The van der Waals surface area contributed by atoms with Crippen LogP contribution in [0.3, 0.4) is 0 Å². The van der Waals surface area contributed by atoms with E-state index in [0.29, 0.717) is 28.6 Å². The third kappa shape index (κ3) is 6.34. The first-order valence-electron chi connectivity index (χ1n) is 22.0. The minimum absolute atomic E-state index is 0.0958. The molecule has 11 rings (SSSR count). The second-order valence-corrected chi connectivity index (χ2v) is 14.5. The fraction of sp³-hybridized carbons (Fsp3) is 0. The average Bonchev–Trinajstić information content (AvgIpc) is 3.70. The summed E-state index contributed by atoms with van der Waals surface area (Å²) in [6, 6.07) is 61.5. The predicted molar refractivity (Wildman–Crippen MR) is 244 cm³/mol. The summed E-state index contributed by atoms with van der Waals surface area (Å²) in [6.45, 7) is 0. The van der Waals surface area contributed by atoms with Crippen LogP contribution in [0.2, 0.25) is 0 Å². The number of nitrogens with zero attached hydrogens (tertiary/aromatic N) is 4. The lowest BCUT2D eigenvalue weighted by molar-refractivity contribution is 1.08. The lowest BCUT2D eigenvalue weighted by Crippen LogP contribution is -2.01. The first-order valence-corrected chi connectivity index (χ1v) is 19.5. The molecular weight excluding hydrogens is 717 g/mol. The van der Waals surface area contributed by atoms with Crippen LogP contribution >= 0.6 is 0 Å². The first-order chi connectivity index (χ1) is 31.3. The Kier molecular flexibility index (Phi) is 7.22. The van der Waals surface area contributed by atoms with Crippen molar-refractivity contribution in [3.8, 4) is 73.2 Å². The van der Waals surface area contributed by atoms with E-state index in [1.54, 1.807) is 0 Å². The van der Waals surface area contributed by atoms with Gasteiger partial charge in [-0.3, -0.25) is 0 Å². The highest BCUT2D eigenvalue weighted by Crippen LogP contribution is 2.39. The second kappa shape index (κ2) is 14.5. The molecule has 0 fully saturated rings. The fourth-order valence-electron chi connectivity index (χ4n) is 8.10. The fourth-order valence-corrected chi connectivity index (χ4v) is 8.10. The Morgan fingerprint density at radius 1 is 0.356 bits per heavy atom. The van der Waals surface area contributed by atoms with Gasteiger partial charge in [0.1, 0.15) is 0 Å². The van der Waals surface area contributed by atoms with Crippen molar-refractivity contribution >= 4 is 32.6 Å². The molecule has 0 N–H and O–H groups in total. The van der Waals surface area contributed by atoms with E-state index in [0.717, 1.165) is 71.6 Å². The maximum Gasteiger partial charge on any atom is 0.164 e. The highest BCUT2D eigenvalue weighted by molar-refractivity contribution is 6.15. The van der Waals surface area contributed by atoms with Gasteiger partial charge < -0.3 is 4.57 Å². The molecule has 4 nitrogen and oxygen atoms in total. The van der Waals surface area contributed by atoms with Crippen LogP contribution in [0.5, 0.6) is 0 Å². The van der Waals surface area contributed by atoms with E-state index in [1.165, 1.54) is 0 Å². The van der Waals surface area contributed by atoms with Crippen molar-refractivity contribution in [2.45, 2.75) is 0 Å². The van der Waals surface area contributed by atoms with E-state index >= 15 is 0 Å². The van der Waals surface area contributed by atoms with Crippen LogP contribution in [-0.4, -0.2) is 19.5 Å². The van der Waals surface area contributed by atoms with Crippen LogP contribution in [0.25, 0.3) is 106 Å². The summed E-state index contributed by atoms with van der Waals surface area (Å²) in [5, 5.41) is 4.16. The second-order valence-electron chi connectivity index (χ2n) is 14.5. The molecular formula is C55H36N4. The Labute approximate surface area is 349 Å². The lowest BCUT2D eigenvalue weighted by Gasteiger charge is -2.13. The zero-order valence-electron chi connectivity index (χ0n) is 36.7. The maximum absolute atomic E-state index is 9.01. The predicted octanol–water partition coefficient (Wildman–Crippen LogP) is 14.1. The molecule has 4 heteroatoms. The first kappa shape index (κ1) is 29.3. The molecule has 59 heavy (non-hydrogen) atoms. The van der Waals surface area contributed by atoms with Crippen molar-refractivity contribution in [1.82, 2.24) is 19.5 Å². The molecule has 2 aromatic heterocycles. The number of benzene rings is 9. The van der Waals surface area contributed by atoms with Crippen molar-refractivity contribution in [2.24, 2.45) is 0 Å². The molecule has 0 aliphatic rings. The van der Waals surface area contributed by atoms with Crippen molar-refractivity contribution < 1.29 is 6.85 Å². The van der Waals surface area contributed by atoms with Gasteiger partial charge in [0, 0.05) is 33.2 Å². The van der Waals surface area contributed by atoms with Gasteiger partial charge in [-0.25, -0.2) is 15.0 Å². The summed E-state index contributed by atoms with van der Waals surface area (Å²) in [4.78, 5) is 15.5. The molecule has 0 radical (unpaired) electrons. The van der Waals surface area contributed by atoms with Crippen LogP contribution in [-0.2, 0) is 0 Å². The standard InChI is InChI=1S/C55H36N4/c1-5-16-37(17-6-1)40-28-29-42-33-43(31-30-41(42)32-40)45-34-44(38-18-7-2-8-19-38)35-46(36-45)54-56-53(39-20-9-3-10-21-39)57-55(58-54)49-25-15-27-51-52(49)48-24-13-14-26-50(48)59(51)47-22-11-4-12-23-47/h1-36H/i2D,7D,8D,18D,19D. The summed E-state index contributed by atoms with van der Waals surface area (Å²) in [7, 11) is 0. The van der Waals surface area contributed by atoms with Crippen molar-refractivity contribution in [1.29, 1.82) is 0 Å². The normalized spacial score (nSPS) is 12.6. The number of aromatic nitrogens is 4. The van der Waals surface area contributed by atoms with Crippen molar-refractivity contribution in [2.75, 3.05) is 0 Å². The smallest absolute Gasteiger partial charge is 0.164 e. The minimum Gasteiger partial charge on any atom is -0.309 e. The Bertz CT molecular complexity index is 3580. The van der Waals surface area contributed by atoms with Gasteiger partial charge in [-0.15, -0.1) is 0 Å². The lowest BCUT2D eigenvalue weighted by atomic mass is 9.93. The Morgan fingerprint density at radius 3 is 1.61 bits per heavy atom. The van der Waals surface area contributed by atoms with Gasteiger partial charge in [-0.05, 0) is 98.8 Å². The number of para-hydroxylation sites is 2. The van der Waals surface area contributed by atoms with Gasteiger partial charge in [0.2, 0.25) is 0 Å². The summed E-state index contributed by atoms with van der Waals surface area (Å²) in [5.41, 5.74) is 9.76. The van der Waals surface area contributed by atoms with Crippen LogP contribution < -0.4 is 0 Å². The largest absolute Gasteiger partial charge is 0.309 e. The van der Waals surface area contributed by atoms with Gasteiger partial charge in [-0.2, -0.15) is 0 Å². The van der Waals surface area contributed by atoms with Crippen LogP contribution in [0.1, 0.15) is 6.85 Å². The average molecular weight is 758 g/mol. The van der Waals surface area contributed by atoms with E-state index in [1.807, 2.05) is 109 Å². The molecule has 0 saturated carbocycles. The van der Waals surface area contributed by atoms with E-state index in [-0.39, 0.29) is 17.6 Å². The Hall–Kier alpha value is -7.95. The molecule has 0 spiro atoms. The van der Waals surface area contributed by atoms with E-state index in [9.17, 15) is 0 Å². The number of fused-ring (bicyclic) bond motifs is 4. The van der Waals surface area contributed by atoms with Gasteiger partial charge in [-0.1, -0.05) is 164 Å².